The summed E-state index contributed by atoms with van der Waals surface area (Å²) in [5.74, 6) is -0.345. The summed E-state index contributed by atoms with van der Waals surface area (Å²) in [6.07, 6.45) is 6.17. The molecular formula is C11H17N3O4S. The highest BCUT2D eigenvalue weighted by Crippen LogP contribution is 1.91. The lowest BCUT2D eigenvalue weighted by molar-refractivity contribution is -0.696. The van der Waals surface area contributed by atoms with Crippen LogP contribution in [0.3, 0.4) is 0 Å². The Hall–Kier alpha value is -1.43. The fourth-order valence-electron chi connectivity index (χ4n) is 1.52. The van der Waals surface area contributed by atoms with Crippen molar-refractivity contribution in [3.63, 3.8) is 0 Å². The monoisotopic (exact) mass is 287 g/mol. The summed E-state index contributed by atoms with van der Waals surface area (Å²) in [5, 5.41) is 8.32. The highest BCUT2D eigenvalue weighted by Gasteiger charge is 2.04. The zero-order valence-electron chi connectivity index (χ0n) is 10.6. The van der Waals surface area contributed by atoms with E-state index in [-0.39, 0.29) is 5.75 Å². The van der Waals surface area contributed by atoms with Crippen molar-refractivity contribution in [2.75, 3.05) is 19.0 Å². The lowest BCUT2D eigenvalue weighted by atomic mass is 10.5. The summed E-state index contributed by atoms with van der Waals surface area (Å²) in [6.45, 7) is 2.10. The van der Waals surface area contributed by atoms with E-state index in [1.807, 2.05) is 33.9 Å². The molecule has 0 spiro atoms. The van der Waals surface area contributed by atoms with Crippen LogP contribution in [0, 0.1) is 11.3 Å². The Morgan fingerprint density at radius 1 is 1.42 bits per heavy atom. The Morgan fingerprint density at radius 3 is 2.89 bits per heavy atom. The van der Waals surface area contributed by atoms with Crippen LogP contribution in [-0.4, -0.2) is 36.5 Å². The Morgan fingerprint density at radius 2 is 2.21 bits per heavy atom. The van der Waals surface area contributed by atoms with Crippen molar-refractivity contribution < 1.29 is 22.3 Å². The van der Waals surface area contributed by atoms with Gasteiger partial charge < -0.3 is 9.29 Å². The molecule has 0 saturated carbocycles. The fraction of sp³-hybridized carbons (Fsp3) is 0.636. The predicted molar refractivity (Wildman–Crippen MR) is 64.9 cm³/mol. The SMILES string of the molecule is N#CCCOCCn1cc[n+](CCCS(=O)(=O)[O-])c1. The minimum atomic E-state index is -4.13. The minimum Gasteiger partial charge on any atom is -0.748 e. The maximum Gasteiger partial charge on any atom is 0.243 e. The molecular weight excluding hydrogens is 270 g/mol. The van der Waals surface area contributed by atoms with Gasteiger partial charge in [0, 0.05) is 5.75 Å². The van der Waals surface area contributed by atoms with Crippen LogP contribution >= 0.6 is 0 Å². The maximum absolute atomic E-state index is 10.4. The molecule has 0 unspecified atom stereocenters. The summed E-state index contributed by atoms with van der Waals surface area (Å²) >= 11 is 0. The van der Waals surface area contributed by atoms with Crippen molar-refractivity contribution >= 4 is 10.1 Å². The summed E-state index contributed by atoms with van der Waals surface area (Å²) in [4.78, 5) is 0. The van der Waals surface area contributed by atoms with Crippen molar-refractivity contribution in [1.82, 2.24) is 4.57 Å². The molecule has 0 N–H and O–H groups in total. The van der Waals surface area contributed by atoms with Crippen molar-refractivity contribution in [2.45, 2.75) is 25.9 Å². The Kier molecular flexibility index (Phi) is 6.49. The molecule has 1 aromatic rings. The van der Waals surface area contributed by atoms with Gasteiger partial charge in [-0.3, -0.25) is 0 Å². The molecule has 1 heterocycles. The largest absolute Gasteiger partial charge is 0.748 e. The van der Waals surface area contributed by atoms with E-state index in [2.05, 4.69) is 0 Å². The van der Waals surface area contributed by atoms with Crippen LogP contribution in [0.5, 0.6) is 0 Å². The quantitative estimate of drug-likeness (QED) is 0.351. The second-order valence-electron chi connectivity index (χ2n) is 4.03. The summed E-state index contributed by atoms with van der Waals surface area (Å²) < 4.78 is 40.3. The second kappa shape index (κ2) is 7.89. The average Bonchev–Trinajstić information content (AvgIpc) is 2.75. The molecule has 0 amide bonds. The maximum atomic E-state index is 10.4. The van der Waals surface area contributed by atoms with E-state index >= 15 is 0 Å². The summed E-state index contributed by atoms with van der Waals surface area (Å²) in [5.41, 5.74) is 0. The van der Waals surface area contributed by atoms with E-state index in [1.165, 1.54) is 0 Å². The number of aryl methyl sites for hydroxylation is 1. The minimum absolute atomic E-state index is 0.305. The van der Waals surface area contributed by atoms with Gasteiger partial charge in [0.25, 0.3) is 0 Å². The van der Waals surface area contributed by atoms with Crippen LogP contribution in [0.25, 0.3) is 0 Å². The van der Waals surface area contributed by atoms with Gasteiger partial charge in [-0.05, 0) is 6.42 Å². The molecule has 8 heteroatoms. The van der Waals surface area contributed by atoms with Gasteiger partial charge in [0.05, 0.1) is 42.4 Å². The van der Waals surface area contributed by atoms with Gasteiger partial charge in [-0.2, -0.15) is 5.26 Å². The van der Waals surface area contributed by atoms with E-state index < -0.39 is 10.1 Å². The van der Waals surface area contributed by atoms with E-state index in [0.29, 0.717) is 39.1 Å². The number of nitrogens with zero attached hydrogens (tertiary/aromatic N) is 3. The first kappa shape index (κ1) is 15.6. The van der Waals surface area contributed by atoms with Crippen molar-refractivity contribution in [3.05, 3.63) is 18.7 Å². The van der Waals surface area contributed by atoms with Gasteiger partial charge in [0.2, 0.25) is 6.33 Å². The van der Waals surface area contributed by atoms with Gasteiger partial charge in [-0.15, -0.1) is 0 Å². The topological polar surface area (TPSA) is 99.0 Å². The number of ether oxygens (including phenoxy) is 1. The first-order valence-corrected chi connectivity index (χ1v) is 7.52. The molecule has 1 rings (SSSR count). The molecule has 7 nitrogen and oxygen atoms in total. The van der Waals surface area contributed by atoms with E-state index in [9.17, 15) is 13.0 Å². The third kappa shape index (κ3) is 7.56. The molecule has 1 aromatic heterocycles. The molecule has 0 bridgehead atoms. The van der Waals surface area contributed by atoms with E-state index in [1.54, 1.807) is 0 Å². The predicted octanol–water partition coefficient (Wildman–Crippen LogP) is -0.359. The van der Waals surface area contributed by atoms with Crippen LogP contribution in [0.2, 0.25) is 0 Å². The lowest BCUT2D eigenvalue weighted by Gasteiger charge is -2.04. The zero-order chi connectivity index (χ0) is 14.1. The molecule has 0 saturated heterocycles. The molecule has 0 aliphatic carbocycles. The van der Waals surface area contributed by atoms with Gasteiger partial charge >= 0.3 is 0 Å². The van der Waals surface area contributed by atoms with Gasteiger partial charge in [0.15, 0.2) is 0 Å². The molecule has 0 aliphatic rings. The van der Waals surface area contributed by atoms with Crippen LogP contribution < -0.4 is 4.57 Å². The summed E-state index contributed by atoms with van der Waals surface area (Å²) in [6, 6.07) is 2.00. The normalized spacial score (nSPS) is 11.4. The molecule has 19 heavy (non-hydrogen) atoms. The Labute approximate surface area is 112 Å². The smallest absolute Gasteiger partial charge is 0.243 e. The lowest BCUT2D eigenvalue weighted by Crippen LogP contribution is -2.32. The Balaban J connectivity index is 2.23. The molecule has 0 aromatic carbocycles. The fourth-order valence-corrected chi connectivity index (χ4v) is 2.00. The number of hydrogen-bond donors (Lipinski definition) is 0. The highest BCUT2D eigenvalue weighted by atomic mass is 32.2. The number of rotatable bonds is 9. The van der Waals surface area contributed by atoms with E-state index in [0.717, 1.165) is 0 Å². The third-order valence-corrected chi connectivity index (χ3v) is 3.20. The average molecular weight is 287 g/mol. The second-order valence-corrected chi connectivity index (χ2v) is 5.55. The Bertz CT molecular complexity index is 518. The first-order chi connectivity index (χ1) is 9.01. The van der Waals surface area contributed by atoms with Gasteiger partial charge in [-0.25, -0.2) is 17.6 Å². The summed E-state index contributed by atoms with van der Waals surface area (Å²) in [7, 11) is -4.13. The molecule has 106 valence electrons. The van der Waals surface area contributed by atoms with Crippen LogP contribution in [0.15, 0.2) is 18.7 Å². The molecule has 0 atom stereocenters. The standard InChI is InChI=1S/C11H17N3O4S/c12-3-1-8-18-9-7-14-6-5-13(11-14)4-2-10-19(15,16)17/h5-6,11H,1-2,4,7-10H2. The van der Waals surface area contributed by atoms with Crippen LogP contribution in [0.1, 0.15) is 12.8 Å². The molecule has 0 fully saturated rings. The molecule has 0 radical (unpaired) electrons. The first-order valence-electron chi connectivity index (χ1n) is 5.94. The zero-order valence-corrected chi connectivity index (χ0v) is 11.4. The third-order valence-electron chi connectivity index (χ3n) is 2.41. The van der Waals surface area contributed by atoms with E-state index in [4.69, 9.17) is 10.00 Å². The van der Waals surface area contributed by atoms with Gasteiger partial charge in [0.1, 0.15) is 18.9 Å². The highest BCUT2D eigenvalue weighted by molar-refractivity contribution is 7.85. The molecule has 0 aliphatic heterocycles. The van der Waals surface area contributed by atoms with Crippen molar-refractivity contribution in [3.8, 4) is 6.07 Å². The number of nitriles is 1. The number of hydrogen-bond acceptors (Lipinski definition) is 5. The van der Waals surface area contributed by atoms with Crippen molar-refractivity contribution in [2.24, 2.45) is 0 Å². The van der Waals surface area contributed by atoms with Gasteiger partial charge in [-0.1, -0.05) is 0 Å². The number of imidazole rings is 1. The van der Waals surface area contributed by atoms with Crippen LogP contribution in [-0.2, 0) is 27.9 Å². The number of aromatic nitrogens is 2. The van der Waals surface area contributed by atoms with Crippen molar-refractivity contribution in [1.29, 1.82) is 5.26 Å². The van der Waals surface area contributed by atoms with Crippen LogP contribution in [0.4, 0.5) is 0 Å².